The van der Waals surface area contributed by atoms with Gasteiger partial charge in [-0.25, -0.2) is 9.79 Å². The van der Waals surface area contributed by atoms with E-state index in [4.69, 9.17) is 9.47 Å². The van der Waals surface area contributed by atoms with E-state index in [2.05, 4.69) is 4.99 Å². The number of fused-ring (bicyclic) bond motifs is 1. The molecule has 3 aromatic rings. The Balaban J connectivity index is 1.92. The van der Waals surface area contributed by atoms with Gasteiger partial charge in [0, 0.05) is 11.0 Å². The van der Waals surface area contributed by atoms with Crippen molar-refractivity contribution in [3.63, 3.8) is 0 Å². The highest BCUT2D eigenvalue weighted by atomic mass is 32.2. The quantitative estimate of drug-likeness (QED) is 0.194. The number of carbonyl (C=O) groups is 1. The predicted molar refractivity (Wildman–Crippen MR) is 143 cm³/mol. The number of thiazole rings is 1. The van der Waals surface area contributed by atoms with Crippen molar-refractivity contribution in [1.82, 2.24) is 4.57 Å². The van der Waals surface area contributed by atoms with Crippen LogP contribution in [0.25, 0.3) is 6.08 Å². The number of allylic oxidation sites excluding steroid dienone is 1. The lowest BCUT2D eigenvalue weighted by Crippen LogP contribution is -2.40. The van der Waals surface area contributed by atoms with Crippen molar-refractivity contribution in [3.8, 4) is 5.75 Å². The van der Waals surface area contributed by atoms with Gasteiger partial charge in [0.15, 0.2) is 10.6 Å². The van der Waals surface area contributed by atoms with Crippen LogP contribution < -0.4 is 19.6 Å². The lowest BCUT2D eigenvalue weighted by atomic mass is 9.96. The highest BCUT2D eigenvalue weighted by Crippen LogP contribution is 2.32. The molecule has 1 aromatic heterocycles. The molecule has 11 heteroatoms. The zero-order chi connectivity index (χ0) is 26.9. The highest BCUT2D eigenvalue weighted by Gasteiger charge is 2.33. The van der Waals surface area contributed by atoms with E-state index in [1.165, 1.54) is 23.8 Å². The van der Waals surface area contributed by atoms with E-state index in [-0.39, 0.29) is 23.1 Å². The molecule has 0 N–H and O–H groups in total. The number of esters is 1. The van der Waals surface area contributed by atoms with Gasteiger partial charge in [-0.05, 0) is 62.4 Å². The van der Waals surface area contributed by atoms with Gasteiger partial charge in [0.2, 0.25) is 0 Å². The van der Waals surface area contributed by atoms with Crippen LogP contribution in [-0.4, -0.2) is 34.9 Å². The van der Waals surface area contributed by atoms with Crippen LogP contribution in [-0.2, 0) is 9.53 Å². The summed E-state index contributed by atoms with van der Waals surface area (Å²) in [5.41, 5.74) is 1.42. The minimum absolute atomic E-state index is 0.126. The fraction of sp³-hybridized carbons (Fsp3) is 0.269. The van der Waals surface area contributed by atoms with Gasteiger partial charge in [-0.3, -0.25) is 19.5 Å². The Hall–Kier alpha value is -3.70. The van der Waals surface area contributed by atoms with Gasteiger partial charge in [0.25, 0.3) is 5.56 Å². The molecule has 0 aliphatic carbocycles. The molecule has 0 amide bonds. The third-order valence-electron chi connectivity index (χ3n) is 5.71. The Morgan fingerprint density at radius 2 is 1.95 bits per heavy atom. The number of aromatic nitrogens is 1. The summed E-state index contributed by atoms with van der Waals surface area (Å²) in [6.07, 6.45) is 3.20. The van der Waals surface area contributed by atoms with Crippen molar-refractivity contribution < 1.29 is 19.2 Å². The maximum atomic E-state index is 13.7. The Labute approximate surface area is 220 Å². The average molecular weight is 540 g/mol. The second-order valence-electron chi connectivity index (χ2n) is 8.50. The Kier molecular flexibility index (Phi) is 7.65. The van der Waals surface area contributed by atoms with Crippen LogP contribution in [0.2, 0.25) is 0 Å². The molecule has 0 fully saturated rings. The summed E-state index contributed by atoms with van der Waals surface area (Å²) in [6, 6.07) is 11.4. The molecule has 37 heavy (non-hydrogen) atoms. The summed E-state index contributed by atoms with van der Waals surface area (Å²) in [5, 5.41) is 11.5. The van der Waals surface area contributed by atoms with E-state index in [0.717, 1.165) is 21.8 Å². The molecule has 192 valence electrons. The van der Waals surface area contributed by atoms with Crippen molar-refractivity contribution in [2.24, 2.45) is 4.99 Å². The molecule has 0 unspecified atom stereocenters. The summed E-state index contributed by atoms with van der Waals surface area (Å²) in [6.45, 7) is 5.25. The predicted octanol–water partition coefficient (Wildman–Crippen LogP) is 3.83. The number of hydrogen-bond donors (Lipinski definition) is 0. The Morgan fingerprint density at radius 3 is 2.54 bits per heavy atom. The lowest BCUT2D eigenvalue weighted by molar-refractivity contribution is -0.385. The molecule has 2 aromatic carbocycles. The molecule has 0 bridgehead atoms. The number of nitrogens with zero attached hydrogens (tertiary/aromatic N) is 3. The second kappa shape index (κ2) is 10.7. The first-order valence-electron chi connectivity index (χ1n) is 11.3. The molecule has 1 atom stereocenters. The van der Waals surface area contributed by atoms with E-state index in [9.17, 15) is 19.7 Å². The van der Waals surface area contributed by atoms with Gasteiger partial charge in [0.05, 0.1) is 40.0 Å². The first-order chi connectivity index (χ1) is 17.6. The van der Waals surface area contributed by atoms with Crippen LogP contribution in [0.3, 0.4) is 0 Å². The summed E-state index contributed by atoms with van der Waals surface area (Å²) < 4.78 is 12.4. The number of carbonyl (C=O) groups excluding carboxylic acids is 1. The minimum Gasteiger partial charge on any atom is -0.490 e. The number of nitro groups is 1. The normalized spacial score (nSPS) is 15.4. The fourth-order valence-corrected chi connectivity index (χ4v) is 5.51. The topological polar surface area (TPSA) is 113 Å². The van der Waals surface area contributed by atoms with Gasteiger partial charge in [-0.1, -0.05) is 29.5 Å². The van der Waals surface area contributed by atoms with E-state index in [0.29, 0.717) is 26.2 Å². The molecule has 0 saturated heterocycles. The summed E-state index contributed by atoms with van der Waals surface area (Å²) >= 11 is 2.74. The SMILES string of the molecule is COc1ccc(/C=c2\sc3n(c2=O)[C@@H](c2ccc(SC)cc2)C(C(=O)OC(C)C)=C(C)N=3)cc1[N+](=O)[O-]. The monoisotopic (exact) mass is 539 g/mol. The van der Waals surface area contributed by atoms with E-state index < -0.39 is 16.9 Å². The first kappa shape index (κ1) is 26.4. The van der Waals surface area contributed by atoms with Gasteiger partial charge < -0.3 is 9.47 Å². The third-order valence-corrected chi connectivity index (χ3v) is 7.44. The minimum atomic E-state index is -0.731. The summed E-state index contributed by atoms with van der Waals surface area (Å²) in [7, 11) is 1.36. The molecule has 0 spiro atoms. The molecule has 2 heterocycles. The summed E-state index contributed by atoms with van der Waals surface area (Å²) in [4.78, 5) is 43.8. The Morgan fingerprint density at radius 1 is 1.24 bits per heavy atom. The number of ether oxygens (including phenoxy) is 2. The fourth-order valence-electron chi connectivity index (χ4n) is 4.05. The first-order valence-corrected chi connectivity index (χ1v) is 13.4. The number of thioether (sulfide) groups is 1. The maximum absolute atomic E-state index is 13.7. The zero-order valence-corrected chi connectivity index (χ0v) is 22.5. The molecule has 1 aliphatic rings. The highest BCUT2D eigenvalue weighted by molar-refractivity contribution is 7.98. The molecular weight excluding hydrogens is 514 g/mol. The van der Waals surface area contributed by atoms with Crippen LogP contribution in [0.4, 0.5) is 5.69 Å². The molecule has 4 rings (SSSR count). The van der Waals surface area contributed by atoms with Crippen LogP contribution in [0.1, 0.15) is 37.9 Å². The van der Waals surface area contributed by atoms with Crippen LogP contribution in [0, 0.1) is 10.1 Å². The van der Waals surface area contributed by atoms with Gasteiger partial charge >= 0.3 is 11.7 Å². The van der Waals surface area contributed by atoms with E-state index in [1.807, 2.05) is 30.5 Å². The molecule has 1 aliphatic heterocycles. The van der Waals surface area contributed by atoms with E-state index in [1.54, 1.807) is 44.7 Å². The largest absolute Gasteiger partial charge is 0.490 e. The number of hydrogen-bond acceptors (Lipinski definition) is 9. The van der Waals surface area contributed by atoms with Gasteiger partial charge in [-0.2, -0.15) is 0 Å². The number of nitro benzene ring substituents is 1. The number of rotatable bonds is 7. The smallest absolute Gasteiger partial charge is 0.338 e. The van der Waals surface area contributed by atoms with Crippen molar-refractivity contribution in [3.05, 3.63) is 94.7 Å². The third kappa shape index (κ3) is 5.23. The molecule has 0 saturated carbocycles. The van der Waals surface area contributed by atoms with E-state index >= 15 is 0 Å². The van der Waals surface area contributed by atoms with Crippen molar-refractivity contribution in [2.75, 3.05) is 13.4 Å². The van der Waals surface area contributed by atoms with Crippen molar-refractivity contribution >= 4 is 40.8 Å². The molecule has 9 nitrogen and oxygen atoms in total. The zero-order valence-electron chi connectivity index (χ0n) is 20.9. The van der Waals surface area contributed by atoms with Crippen molar-refractivity contribution in [2.45, 2.75) is 37.8 Å². The second-order valence-corrected chi connectivity index (χ2v) is 10.4. The number of methoxy groups -OCH3 is 1. The van der Waals surface area contributed by atoms with Crippen LogP contribution in [0.5, 0.6) is 5.75 Å². The molecule has 0 radical (unpaired) electrons. The Bertz CT molecular complexity index is 1590. The van der Waals surface area contributed by atoms with Gasteiger partial charge in [0.1, 0.15) is 0 Å². The maximum Gasteiger partial charge on any atom is 0.338 e. The lowest BCUT2D eigenvalue weighted by Gasteiger charge is -2.25. The van der Waals surface area contributed by atoms with Crippen LogP contribution in [0.15, 0.2) is 68.4 Å². The summed E-state index contributed by atoms with van der Waals surface area (Å²) in [5.74, 6) is -0.406. The number of benzene rings is 2. The van der Waals surface area contributed by atoms with Crippen molar-refractivity contribution in [1.29, 1.82) is 0 Å². The van der Waals surface area contributed by atoms with Gasteiger partial charge in [-0.15, -0.1) is 11.8 Å². The van der Waals surface area contributed by atoms with Crippen LogP contribution >= 0.6 is 23.1 Å². The standard InChI is InChI=1S/C26H25N3O6S2/c1-14(2)35-25(31)22-15(3)27-26-28(23(22)17-7-9-18(36-5)10-8-17)24(30)21(37-26)13-16-6-11-20(34-4)19(12-16)29(32)33/h6-14,23H,1-5H3/b21-13-/t23-/m0/s1. The molecular formula is C26H25N3O6S2. The average Bonchev–Trinajstić information content (AvgIpc) is 3.16.